The molecule has 0 atom stereocenters. The maximum absolute atomic E-state index is 13.7. The summed E-state index contributed by atoms with van der Waals surface area (Å²) in [6, 6.07) is 18.5. The average molecular weight is 502 g/mol. The van der Waals surface area contributed by atoms with Gasteiger partial charge in [-0.05, 0) is 62.2 Å². The lowest BCUT2D eigenvalue weighted by atomic mass is 10.0. The number of nitrogens with zero attached hydrogens (tertiary/aromatic N) is 2. The van der Waals surface area contributed by atoms with Gasteiger partial charge in [0.15, 0.2) is 0 Å². The molecule has 2 amide bonds. The number of nitrogens with one attached hydrogen (secondary N) is 1. The van der Waals surface area contributed by atoms with Gasteiger partial charge < -0.3 is 10.2 Å². The number of benzene rings is 3. The summed E-state index contributed by atoms with van der Waals surface area (Å²) in [7, 11) is 0. The Hall–Kier alpha value is -3.48. The van der Waals surface area contributed by atoms with Crippen molar-refractivity contribution in [1.82, 2.24) is 4.98 Å². The number of hydrogen-bond donors (Lipinski definition) is 1. The van der Waals surface area contributed by atoms with Crippen molar-refractivity contribution in [1.29, 1.82) is 0 Å². The lowest BCUT2D eigenvalue weighted by molar-refractivity contribution is 0.0986. The van der Waals surface area contributed by atoms with Gasteiger partial charge in [-0.25, -0.2) is 4.98 Å². The number of carbonyl (C=O) groups excluding carboxylic acids is 2. The highest BCUT2D eigenvalue weighted by Gasteiger charge is 2.28. The normalized spacial score (nSPS) is 12.5. The molecule has 1 aliphatic heterocycles. The summed E-state index contributed by atoms with van der Waals surface area (Å²) in [4.78, 5) is 34.1. The summed E-state index contributed by atoms with van der Waals surface area (Å²) in [5.41, 5.74) is 6.25. The van der Waals surface area contributed by atoms with E-state index in [2.05, 4.69) is 5.32 Å². The van der Waals surface area contributed by atoms with Crippen LogP contribution in [0.1, 0.15) is 41.7 Å². The first-order chi connectivity index (χ1) is 16.8. The van der Waals surface area contributed by atoms with Gasteiger partial charge in [0.25, 0.3) is 11.8 Å². The molecule has 4 aromatic rings. The monoisotopic (exact) mass is 501 g/mol. The number of aromatic nitrogens is 1. The highest BCUT2D eigenvalue weighted by molar-refractivity contribution is 7.12. The number of anilines is 2. The number of carbonyl (C=O) groups is 2. The Labute approximate surface area is 213 Å². The molecular weight excluding hydrogens is 478 g/mol. The van der Waals surface area contributed by atoms with E-state index >= 15 is 0 Å². The fourth-order valence-electron chi connectivity index (χ4n) is 4.41. The van der Waals surface area contributed by atoms with E-state index < -0.39 is 0 Å². The summed E-state index contributed by atoms with van der Waals surface area (Å²) in [5, 5.41) is 4.21. The van der Waals surface area contributed by atoms with Crippen molar-refractivity contribution in [2.24, 2.45) is 0 Å². The molecular formula is C28H24ClN3O2S. The molecule has 0 saturated carbocycles. The van der Waals surface area contributed by atoms with Crippen LogP contribution in [-0.4, -0.2) is 23.3 Å². The van der Waals surface area contributed by atoms with Crippen molar-refractivity contribution in [3.63, 3.8) is 0 Å². The fourth-order valence-corrected chi connectivity index (χ4v) is 5.61. The summed E-state index contributed by atoms with van der Waals surface area (Å²) in [5.74, 6) is -0.390. The molecule has 1 aliphatic rings. The molecule has 5 nitrogen and oxygen atoms in total. The van der Waals surface area contributed by atoms with Gasteiger partial charge in [0, 0.05) is 34.7 Å². The van der Waals surface area contributed by atoms with E-state index in [1.54, 1.807) is 40.5 Å². The van der Waals surface area contributed by atoms with Crippen LogP contribution in [0.25, 0.3) is 11.3 Å². The SMILES string of the molecule is Cc1nc2c(s1)CCN(C(=O)c1ccc(NC(=O)c3cccc(C)c3C)cc1Cl)c1ccccc1-2. The molecule has 0 spiro atoms. The Morgan fingerprint density at radius 1 is 1.00 bits per heavy atom. The van der Waals surface area contributed by atoms with Crippen LogP contribution >= 0.6 is 22.9 Å². The Morgan fingerprint density at radius 3 is 2.60 bits per heavy atom. The first kappa shape index (κ1) is 23.3. The Kier molecular flexibility index (Phi) is 6.17. The van der Waals surface area contributed by atoms with Gasteiger partial charge in [-0.3, -0.25) is 9.59 Å². The zero-order valence-corrected chi connectivity index (χ0v) is 21.3. The Morgan fingerprint density at radius 2 is 1.80 bits per heavy atom. The number of thiazole rings is 1. The van der Waals surface area contributed by atoms with Crippen LogP contribution in [0.15, 0.2) is 60.7 Å². The minimum Gasteiger partial charge on any atom is -0.322 e. The van der Waals surface area contributed by atoms with Crippen LogP contribution in [0.4, 0.5) is 11.4 Å². The van der Waals surface area contributed by atoms with Crippen LogP contribution in [-0.2, 0) is 6.42 Å². The van der Waals surface area contributed by atoms with Gasteiger partial charge in [-0.15, -0.1) is 11.3 Å². The fraction of sp³-hybridized carbons (Fsp3) is 0.179. The second kappa shape index (κ2) is 9.29. The molecule has 176 valence electrons. The lowest BCUT2D eigenvalue weighted by Crippen LogP contribution is -2.32. The number of amides is 2. The molecule has 2 heterocycles. The van der Waals surface area contributed by atoms with Crippen molar-refractivity contribution < 1.29 is 9.59 Å². The summed E-state index contributed by atoms with van der Waals surface area (Å²) >= 11 is 8.25. The quantitative estimate of drug-likeness (QED) is 0.334. The van der Waals surface area contributed by atoms with E-state index in [-0.39, 0.29) is 11.8 Å². The number of hydrogen-bond acceptors (Lipinski definition) is 4. The van der Waals surface area contributed by atoms with E-state index in [4.69, 9.17) is 16.6 Å². The highest BCUT2D eigenvalue weighted by Crippen LogP contribution is 2.39. The maximum Gasteiger partial charge on any atom is 0.259 e. The zero-order valence-electron chi connectivity index (χ0n) is 19.7. The van der Waals surface area contributed by atoms with Gasteiger partial charge >= 0.3 is 0 Å². The van der Waals surface area contributed by atoms with E-state index in [0.29, 0.717) is 28.4 Å². The minimum atomic E-state index is -0.211. The number of fused-ring (bicyclic) bond motifs is 3. The highest BCUT2D eigenvalue weighted by atomic mass is 35.5. The second-order valence-electron chi connectivity index (χ2n) is 8.62. The summed E-state index contributed by atoms with van der Waals surface area (Å²) in [6.45, 7) is 6.44. The number of rotatable bonds is 3. The standard InChI is InChI=1S/C28H24ClN3O2S/c1-16-7-6-9-20(17(16)2)27(33)31-19-11-12-21(23(29)15-19)28(34)32-14-13-25-26(30-18(3)35-25)22-8-4-5-10-24(22)32/h4-12,15H,13-14H2,1-3H3,(H,31,33). The Bertz CT molecular complexity index is 1480. The first-order valence-electron chi connectivity index (χ1n) is 11.4. The van der Waals surface area contributed by atoms with E-state index in [0.717, 1.165) is 39.5 Å². The predicted octanol–water partition coefficient (Wildman–Crippen LogP) is 6.84. The van der Waals surface area contributed by atoms with Crippen LogP contribution in [0, 0.1) is 20.8 Å². The third kappa shape index (κ3) is 4.35. The van der Waals surface area contributed by atoms with E-state index in [1.807, 2.05) is 57.2 Å². The van der Waals surface area contributed by atoms with Crippen LogP contribution in [0.3, 0.4) is 0 Å². The molecule has 7 heteroatoms. The van der Waals surface area contributed by atoms with Crippen molar-refractivity contribution in [3.05, 3.63) is 97.8 Å². The molecule has 3 aromatic carbocycles. The second-order valence-corrected chi connectivity index (χ2v) is 10.3. The van der Waals surface area contributed by atoms with Gasteiger partial charge in [0.1, 0.15) is 0 Å². The van der Waals surface area contributed by atoms with Gasteiger partial charge in [0.2, 0.25) is 0 Å². The van der Waals surface area contributed by atoms with Gasteiger partial charge in [0.05, 0.1) is 27.0 Å². The largest absolute Gasteiger partial charge is 0.322 e. The van der Waals surface area contributed by atoms with Gasteiger partial charge in [-0.1, -0.05) is 41.9 Å². The first-order valence-corrected chi connectivity index (χ1v) is 12.6. The number of aryl methyl sites for hydroxylation is 2. The predicted molar refractivity (Wildman–Crippen MR) is 143 cm³/mol. The van der Waals surface area contributed by atoms with Crippen LogP contribution < -0.4 is 10.2 Å². The third-order valence-corrected chi connectivity index (χ3v) is 7.71. The molecule has 0 aliphatic carbocycles. The number of para-hydroxylation sites is 1. The van der Waals surface area contributed by atoms with Crippen LogP contribution in [0.2, 0.25) is 5.02 Å². The van der Waals surface area contributed by atoms with Crippen molar-refractivity contribution >= 4 is 46.1 Å². The minimum absolute atomic E-state index is 0.179. The zero-order chi connectivity index (χ0) is 24.7. The van der Waals surface area contributed by atoms with E-state index in [9.17, 15) is 9.59 Å². The molecule has 35 heavy (non-hydrogen) atoms. The maximum atomic E-state index is 13.7. The molecule has 0 unspecified atom stereocenters. The summed E-state index contributed by atoms with van der Waals surface area (Å²) < 4.78 is 0. The smallest absolute Gasteiger partial charge is 0.259 e. The van der Waals surface area contributed by atoms with Crippen molar-refractivity contribution in [2.75, 3.05) is 16.8 Å². The summed E-state index contributed by atoms with van der Waals surface area (Å²) in [6.07, 6.45) is 0.725. The van der Waals surface area contributed by atoms with E-state index in [1.165, 1.54) is 4.88 Å². The van der Waals surface area contributed by atoms with Crippen molar-refractivity contribution in [2.45, 2.75) is 27.2 Å². The number of halogens is 1. The van der Waals surface area contributed by atoms with Crippen LogP contribution in [0.5, 0.6) is 0 Å². The molecule has 5 rings (SSSR count). The Balaban J connectivity index is 1.42. The molecule has 1 N–H and O–H groups in total. The van der Waals surface area contributed by atoms with Gasteiger partial charge in [-0.2, -0.15) is 0 Å². The topological polar surface area (TPSA) is 62.3 Å². The molecule has 0 fully saturated rings. The third-order valence-electron chi connectivity index (χ3n) is 6.37. The molecule has 0 radical (unpaired) electrons. The average Bonchev–Trinajstić information content (AvgIpc) is 3.14. The molecule has 1 aromatic heterocycles. The molecule has 0 bridgehead atoms. The lowest BCUT2D eigenvalue weighted by Gasteiger charge is -2.23. The molecule has 0 saturated heterocycles. The van der Waals surface area contributed by atoms with Crippen molar-refractivity contribution in [3.8, 4) is 11.3 Å².